The zero-order valence-electron chi connectivity index (χ0n) is 12.6. The van der Waals surface area contributed by atoms with E-state index in [0.29, 0.717) is 0 Å². The summed E-state index contributed by atoms with van der Waals surface area (Å²) in [6.45, 7) is 0. The molecule has 23 heavy (non-hydrogen) atoms. The second kappa shape index (κ2) is 7.75. The molecule has 0 N–H and O–H groups in total. The predicted octanol–water partition coefficient (Wildman–Crippen LogP) is 6.12. The molecule has 0 saturated heterocycles. The van der Waals surface area contributed by atoms with Gasteiger partial charge in [-0.3, -0.25) is 4.79 Å². The Morgan fingerprint density at radius 3 is 1.48 bits per heavy atom. The number of Topliss-reactive ketones (excluding diaryl/α,β-unsaturated/α-hetero) is 1. The van der Waals surface area contributed by atoms with E-state index in [1.54, 1.807) is 0 Å². The maximum Gasteiger partial charge on any atom is 0.185 e. The molecule has 1 aliphatic rings. The van der Waals surface area contributed by atoms with Crippen molar-refractivity contribution < 1.29 is 4.79 Å². The van der Waals surface area contributed by atoms with Gasteiger partial charge in [0, 0.05) is 18.3 Å². The Morgan fingerprint density at radius 1 is 0.696 bits per heavy atom. The van der Waals surface area contributed by atoms with Crippen molar-refractivity contribution >= 4 is 63.1 Å². The van der Waals surface area contributed by atoms with E-state index < -0.39 is 0 Å². The second-order valence-corrected chi connectivity index (χ2v) is 8.12. The lowest BCUT2D eigenvalue weighted by Gasteiger charge is -2.16. The van der Waals surface area contributed by atoms with Gasteiger partial charge in [0.15, 0.2) is 5.78 Å². The normalized spacial score (nSPS) is 18.6. The van der Waals surface area contributed by atoms with Gasteiger partial charge in [-0.15, -0.1) is 0 Å². The van der Waals surface area contributed by atoms with Crippen molar-refractivity contribution in [1.82, 2.24) is 0 Å². The highest BCUT2D eigenvalue weighted by Gasteiger charge is 2.20. The third-order valence-electron chi connectivity index (χ3n) is 3.90. The molecule has 1 saturated carbocycles. The van der Waals surface area contributed by atoms with Crippen LogP contribution >= 0.6 is 45.2 Å². The van der Waals surface area contributed by atoms with E-state index in [-0.39, 0.29) is 5.78 Å². The number of rotatable bonds is 2. The summed E-state index contributed by atoms with van der Waals surface area (Å²) in [7, 11) is 0. The molecule has 2 aromatic rings. The van der Waals surface area contributed by atoms with Crippen molar-refractivity contribution in [1.29, 1.82) is 0 Å². The van der Waals surface area contributed by atoms with Gasteiger partial charge < -0.3 is 0 Å². The minimum absolute atomic E-state index is 0.202. The molecule has 3 rings (SSSR count). The Labute approximate surface area is 164 Å². The van der Waals surface area contributed by atoms with Crippen LogP contribution in [0.15, 0.2) is 59.7 Å². The number of hydrogen-bond acceptors (Lipinski definition) is 1. The largest absolute Gasteiger partial charge is 0.289 e. The van der Waals surface area contributed by atoms with E-state index in [9.17, 15) is 4.79 Å². The minimum Gasteiger partial charge on any atom is -0.289 e. The lowest BCUT2D eigenvalue weighted by Crippen LogP contribution is -2.12. The molecule has 1 fully saturated rings. The molecule has 0 heterocycles. The average Bonchev–Trinajstić information content (AvgIpc) is 2.55. The molecule has 0 spiro atoms. The first-order valence-corrected chi connectivity index (χ1v) is 9.74. The van der Waals surface area contributed by atoms with Crippen LogP contribution < -0.4 is 0 Å². The Kier molecular flexibility index (Phi) is 5.69. The van der Waals surface area contributed by atoms with Crippen molar-refractivity contribution in [2.24, 2.45) is 0 Å². The van der Waals surface area contributed by atoms with Crippen LogP contribution in [-0.2, 0) is 4.79 Å². The third-order valence-corrected chi connectivity index (χ3v) is 5.34. The molecule has 0 amide bonds. The molecule has 0 atom stereocenters. The fourth-order valence-corrected chi connectivity index (χ4v) is 3.42. The number of carbonyl (C=O) groups excluding carboxylic acids is 1. The van der Waals surface area contributed by atoms with Gasteiger partial charge in [0.05, 0.1) is 0 Å². The van der Waals surface area contributed by atoms with Crippen molar-refractivity contribution in [3.05, 3.63) is 77.9 Å². The van der Waals surface area contributed by atoms with E-state index in [4.69, 9.17) is 0 Å². The molecule has 0 aromatic heterocycles. The fraction of sp³-hybridized carbons (Fsp3) is 0.150. The summed E-state index contributed by atoms with van der Waals surface area (Å²) in [6, 6.07) is 16.6. The van der Waals surface area contributed by atoms with Gasteiger partial charge in [-0.05, 0) is 112 Å². The zero-order chi connectivity index (χ0) is 16.2. The summed E-state index contributed by atoms with van der Waals surface area (Å²) in [6.07, 6.45) is 6.86. The SMILES string of the molecule is O=C1/C(=C/c2ccc(I)cc2)CCC/C1=C\c1ccc(I)cc1. The Hall–Kier alpha value is -0.950. The monoisotopic (exact) mass is 526 g/mol. The molecule has 3 heteroatoms. The lowest BCUT2D eigenvalue weighted by atomic mass is 9.87. The van der Waals surface area contributed by atoms with Gasteiger partial charge in [-0.2, -0.15) is 0 Å². The molecule has 0 unspecified atom stereocenters. The van der Waals surface area contributed by atoms with E-state index in [1.807, 2.05) is 12.2 Å². The van der Waals surface area contributed by atoms with E-state index in [2.05, 4.69) is 93.7 Å². The van der Waals surface area contributed by atoms with Gasteiger partial charge in [-0.25, -0.2) is 0 Å². The van der Waals surface area contributed by atoms with Gasteiger partial charge in [0.1, 0.15) is 0 Å². The van der Waals surface area contributed by atoms with Crippen LogP contribution in [0.4, 0.5) is 0 Å². The Balaban J connectivity index is 1.86. The third kappa shape index (κ3) is 4.53. The molecule has 0 bridgehead atoms. The van der Waals surface area contributed by atoms with Crippen LogP contribution in [-0.4, -0.2) is 5.78 Å². The Morgan fingerprint density at radius 2 is 1.09 bits per heavy atom. The van der Waals surface area contributed by atoms with Crippen LogP contribution in [0.5, 0.6) is 0 Å². The number of allylic oxidation sites excluding steroid dienone is 2. The van der Waals surface area contributed by atoms with Crippen LogP contribution in [0.25, 0.3) is 12.2 Å². The molecular weight excluding hydrogens is 510 g/mol. The number of halogens is 2. The zero-order valence-corrected chi connectivity index (χ0v) is 16.9. The van der Waals surface area contributed by atoms with Gasteiger partial charge in [-0.1, -0.05) is 24.3 Å². The Bertz CT molecular complexity index is 703. The first kappa shape index (κ1) is 16.9. The number of carbonyl (C=O) groups is 1. The minimum atomic E-state index is 0.202. The van der Waals surface area contributed by atoms with Crippen molar-refractivity contribution in [2.75, 3.05) is 0 Å². The van der Waals surface area contributed by atoms with Crippen LogP contribution in [0, 0.1) is 7.14 Å². The summed E-state index contributed by atoms with van der Waals surface area (Å²) in [4.78, 5) is 12.7. The fourth-order valence-electron chi connectivity index (χ4n) is 2.70. The van der Waals surface area contributed by atoms with Crippen molar-refractivity contribution in [3.63, 3.8) is 0 Å². The van der Waals surface area contributed by atoms with E-state index >= 15 is 0 Å². The molecule has 1 aliphatic carbocycles. The standard InChI is InChI=1S/C20H16I2O/c21-18-8-4-14(5-9-18)12-16-2-1-3-17(20(16)23)13-15-6-10-19(22)11-7-15/h4-13H,1-3H2/b16-12+,17-13+. The van der Waals surface area contributed by atoms with Gasteiger partial charge in [0.25, 0.3) is 0 Å². The summed E-state index contributed by atoms with van der Waals surface area (Å²) in [5.41, 5.74) is 4.05. The quantitative estimate of drug-likeness (QED) is 0.341. The van der Waals surface area contributed by atoms with Crippen LogP contribution in [0.3, 0.4) is 0 Å². The lowest BCUT2D eigenvalue weighted by molar-refractivity contribution is -0.112. The average molecular weight is 526 g/mol. The summed E-state index contributed by atoms with van der Waals surface area (Å²) >= 11 is 4.58. The second-order valence-electron chi connectivity index (χ2n) is 5.62. The maximum absolute atomic E-state index is 12.7. The molecule has 1 nitrogen and oxygen atoms in total. The van der Waals surface area contributed by atoms with Crippen molar-refractivity contribution in [3.8, 4) is 0 Å². The number of benzene rings is 2. The van der Waals surface area contributed by atoms with Crippen LogP contribution in [0.2, 0.25) is 0 Å². The summed E-state index contributed by atoms with van der Waals surface area (Å²) < 4.78 is 2.41. The maximum atomic E-state index is 12.7. The van der Waals surface area contributed by atoms with E-state index in [1.165, 1.54) is 7.14 Å². The van der Waals surface area contributed by atoms with Crippen LogP contribution in [0.1, 0.15) is 30.4 Å². The topological polar surface area (TPSA) is 17.1 Å². The highest BCUT2D eigenvalue weighted by Crippen LogP contribution is 2.28. The molecule has 0 aliphatic heterocycles. The molecular formula is C20H16I2O. The first-order valence-electron chi connectivity index (χ1n) is 7.59. The molecule has 0 radical (unpaired) electrons. The van der Waals surface area contributed by atoms with Gasteiger partial charge >= 0.3 is 0 Å². The number of hydrogen-bond donors (Lipinski definition) is 0. The van der Waals surface area contributed by atoms with E-state index in [0.717, 1.165) is 41.5 Å². The molecule has 2 aromatic carbocycles. The van der Waals surface area contributed by atoms with Crippen molar-refractivity contribution in [2.45, 2.75) is 19.3 Å². The highest BCUT2D eigenvalue weighted by molar-refractivity contribution is 14.1. The summed E-state index contributed by atoms with van der Waals surface area (Å²) in [5, 5.41) is 0. The predicted molar refractivity (Wildman–Crippen MR) is 113 cm³/mol. The summed E-state index contributed by atoms with van der Waals surface area (Å²) in [5.74, 6) is 0.202. The highest BCUT2D eigenvalue weighted by atomic mass is 127. The number of ketones is 1. The molecule has 116 valence electrons. The smallest absolute Gasteiger partial charge is 0.185 e. The first-order chi connectivity index (χ1) is 11.1. The van der Waals surface area contributed by atoms with Gasteiger partial charge in [0.2, 0.25) is 0 Å².